The molecule has 110 valence electrons. The van der Waals surface area contributed by atoms with Crippen molar-refractivity contribution in [3.63, 3.8) is 0 Å². The van der Waals surface area contributed by atoms with Crippen molar-refractivity contribution < 1.29 is 14.2 Å². The first-order valence-corrected chi connectivity index (χ1v) is 7.01. The van der Waals surface area contributed by atoms with E-state index in [-0.39, 0.29) is 6.79 Å². The van der Waals surface area contributed by atoms with Crippen LogP contribution in [0.2, 0.25) is 0 Å². The van der Waals surface area contributed by atoms with Crippen LogP contribution in [0.4, 0.5) is 0 Å². The summed E-state index contributed by atoms with van der Waals surface area (Å²) in [6, 6.07) is 7.76. The number of nitrogens with one attached hydrogen (secondary N) is 1. The summed E-state index contributed by atoms with van der Waals surface area (Å²) in [7, 11) is 0. The molecule has 21 heavy (non-hydrogen) atoms. The van der Waals surface area contributed by atoms with Gasteiger partial charge >= 0.3 is 0 Å². The normalized spacial score (nSPS) is 12.4. The minimum atomic E-state index is 0.266. The van der Waals surface area contributed by atoms with Crippen LogP contribution < -0.4 is 19.5 Å². The van der Waals surface area contributed by atoms with Gasteiger partial charge in [0.2, 0.25) is 6.79 Å². The fourth-order valence-electron chi connectivity index (χ4n) is 2.14. The molecule has 3 rings (SSSR count). The van der Waals surface area contributed by atoms with Crippen LogP contribution >= 0.6 is 0 Å². The van der Waals surface area contributed by atoms with Crippen molar-refractivity contribution in [1.82, 2.24) is 10.3 Å². The van der Waals surface area contributed by atoms with E-state index in [0.717, 1.165) is 41.5 Å². The third-order valence-corrected chi connectivity index (χ3v) is 3.24. The van der Waals surface area contributed by atoms with Gasteiger partial charge in [0, 0.05) is 36.1 Å². The van der Waals surface area contributed by atoms with E-state index in [9.17, 15) is 0 Å². The summed E-state index contributed by atoms with van der Waals surface area (Å²) in [5.74, 6) is 2.32. The maximum absolute atomic E-state index is 5.93. The molecule has 1 aromatic heterocycles. The van der Waals surface area contributed by atoms with Crippen molar-refractivity contribution in [1.29, 1.82) is 0 Å². The largest absolute Gasteiger partial charge is 0.488 e. The maximum Gasteiger partial charge on any atom is 0.231 e. The van der Waals surface area contributed by atoms with Crippen molar-refractivity contribution in [2.75, 3.05) is 13.3 Å². The molecule has 0 fully saturated rings. The van der Waals surface area contributed by atoms with Gasteiger partial charge < -0.3 is 19.5 Å². The molecule has 0 unspecified atom stereocenters. The Labute approximate surface area is 123 Å². The second-order valence-corrected chi connectivity index (χ2v) is 4.74. The highest BCUT2D eigenvalue weighted by Crippen LogP contribution is 2.38. The van der Waals surface area contributed by atoms with Gasteiger partial charge in [-0.25, -0.2) is 0 Å². The Morgan fingerprint density at radius 1 is 1.29 bits per heavy atom. The van der Waals surface area contributed by atoms with Gasteiger partial charge in [-0.3, -0.25) is 4.98 Å². The molecule has 1 aromatic carbocycles. The number of pyridine rings is 1. The molecule has 1 N–H and O–H groups in total. The molecule has 2 aromatic rings. The molecule has 1 aliphatic rings. The minimum Gasteiger partial charge on any atom is -0.488 e. The van der Waals surface area contributed by atoms with Gasteiger partial charge in [-0.05, 0) is 18.7 Å². The second-order valence-electron chi connectivity index (χ2n) is 4.74. The van der Waals surface area contributed by atoms with Crippen LogP contribution in [0.25, 0.3) is 0 Å². The molecule has 0 radical (unpaired) electrons. The van der Waals surface area contributed by atoms with Crippen molar-refractivity contribution in [3.8, 4) is 17.2 Å². The fourth-order valence-corrected chi connectivity index (χ4v) is 2.14. The first-order chi connectivity index (χ1) is 10.4. The first kappa shape index (κ1) is 13.7. The van der Waals surface area contributed by atoms with Crippen LogP contribution in [0.15, 0.2) is 36.7 Å². The lowest BCUT2D eigenvalue weighted by molar-refractivity contribution is 0.173. The molecular formula is C16H18N2O3. The van der Waals surface area contributed by atoms with Crippen molar-refractivity contribution in [3.05, 3.63) is 47.8 Å². The Morgan fingerprint density at radius 3 is 2.90 bits per heavy atom. The van der Waals surface area contributed by atoms with Gasteiger partial charge in [0.15, 0.2) is 11.5 Å². The monoisotopic (exact) mass is 286 g/mol. The minimum absolute atomic E-state index is 0.266. The quantitative estimate of drug-likeness (QED) is 0.884. The highest BCUT2D eigenvalue weighted by atomic mass is 16.7. The van der Waals surface area contributed by atoms with Crippen LogP contribution in [-0.2, 0) is 13.2 Å². The van der Waals surface area contributed by atoms with Gasteiger partial charge in [-0.2, -0.15) is 0 Å². The zero-order valence-corrected chi connectivity index (χ0v) is 12.0. The van der Waals surface area contributed by atoms with E-state index in [1.54, 1.807) is 12.4 Å². The zero-order chi connectivity index (χ0) is 14.5. The summed E-state index contributed by atoms with van der Waals surface area (Å²) in [6.07, 6.45) is 3.55. The van der Waals surface area contributed by atoms with Crippen LogP contribution in [0.5, 0.6) is 17.2 Å². The van der Waals surface area contributed by atoms with Crippen LogP contribution in [0, 0.1) is 0 Å². The van der Waals surface area contributed by atoms with E-state index < -0.39 is 0 Å². The number of rotatable bonds is 6. The molecule has 1 aliphatic heterocycles. The molecule has 0 spiro atoms. The van der Waals surface area contributed by atoms with Gasteiger partial charge in [0.1, 0.15) is 12.4 Å². The number of ether oxygens (including phenoxy) is 3. The van der Waals surface area contributed by atoms with E-state index in [0.29, 0.717) is 6.61 Å². The molecule has 0 bridgehead atoms. The molecule has 0 atom stereocenters. The molecular weight excluding hydrogens is 268 g/mol. The average molecular weight is 286 g/mol. The van der Waals surface area contributed by atoms with Gasteiger partial charge in [-0.1, -0.05) is 13.0 Å². The Bertz CT molecular complexity index is 602. The Kier molecular flexibility index (Phi) is 4.21. The summed E-state index contributed by atoms with van der Waals surface area (Å²) in [5, 5.41) is 3.31. The summed E-state index contributed by atoms with van der Waals surface area (Å²) >= 11 is 0. The Morgan fingerprint density at radius 2 is 2.14 bits per heavy atom. The predicted molar refractivity (Wildman–Crippen MR) is 78.5 cm³/mol. The number of hydrogen-bond acceptors (Lipinski definition) is 5. The van der Waals surface area contributed by atoms with Crippen LogP contribution in [0.3, 0.4) is 0 Å². The smallest absolute Gasteiger partial charge is 0.231 e. The number of hydrogen-bond donors (Lipinski definition) is 1. The number of nitrogens with zero attached hydrogens (tertiary/aromatic N) is 1. The highest BCUT2D eigenvalue weighted by molar-refractivity contribution is 5.51. The SMILES string of the molecule is CCNCc1cc2c(cc1OCc1cccnc1)OCO2. The average Bonchev–Trinajstić information content (AvgIpc) is 2.98. The molecule has 0 saturated heterocycles. The maximum atomic E-state index is 5.93. The van der Waals surface area contributed by atoms with Gasteiger partial charge in [0.05, 0.1) is 0 Å². The zero-order valence-electron chi connectivity index (χ0n) is 12.0. The Balaban J connectivity index is 1.78. The van der Waals surface area contributed by atoms with Crippen LogP contribution in [0.1, 0.15) is 18.1 Å². The van der Waals surface area contributed by atoms with E-state index in [1.165, 1.54) is 0 Å². The Hall–Kier alpha value is -2.27. The summed E-state index contributed by atoms with van der Waals surface area (Å²) in [6.45, 7) is 4.45. The molecule has 0 saturated carbocycles. The summed E-state index contributed by atoms with van der Waals surface area (Å²) in [4.78, 5) is 4.09. The number of benzene rings is 1. The second kappa shape index (κ2) is 6.45. The van der Waals surface area contributed by atoms with E-state index in [2.05, 4.69) is 17.2 Å². The van der Waals surface area contributed by atoms with Crippen molar-refractivity contribution >= 4 is 0 Å². The lowest BCUT2D eigenvalue weighted by Crippen LogP contribution is -2.13. The third-order valence-electron chi connectivity index (χ3n) is 3.24. The van der Waals surface area contributed by atoms with E-state index >= 15 is 0 Å². The third kappa shape index (κ3) is 3.25. The predicted octanol–water partition coefficient (Wildman–Crippen LogP) is 2.50. The van der Waals surface area contributed by atoms with E-state index in [4.69, 9.17) is 14.2 Å². The lowest BCUT2D eigenvalue weighted by atomic mass is 10.1. The molecule has 0 aliphatic carbocycles. The number of aromatic nitrogens is 1. The van der Waals surface area contributed by atoms with Gasteiger partial charge in [-0.15, -0.1) is 0 Å². The van der Waals surface area contributed by atoms with Gasteiger partial charge in [0.25, 0.3) is 0 Å². The molecule has 5 nitrogen and oxygen atoms in total. The fraction of sp³-hybridized carbons (Fsp3) is 0.312. The standard InChI is InChI=1S/C16H18N2O3/c1-2-17-9-13-6-15-16(21-11-20-15)7-14(13)19-10-12-4-3-5-18-8-12/h3-8,17H,2,9-11H2,1H3. The number of fused-ring (bicyclic) bond motifs is 1. The summed E-state index contributed by atoms with van der Waals surface area (Å²) in [5.41, 5.74) is 2.09. The topological polar surface area (TPSA) is 52.6 Å². The molecule has 2 heterocycles. The van der Waals surface area contributed by atoms with E-state index in [1.807, 2.05) is 24.3 Å². The highest BCUT2D eigenvalue weighted by Gasteiger charge is 2.18. The van der Waals surface area contributed by atoms with Crippen molar-refractivity contribution in [2.45, 2.75) is 20.1 Å². The summed E-state index contributed by atoms with van der Waals surface area (Å²) < 4.78 is 16.8. The lowest BCUT2D eigenvalue weighted by Gasteiger charge is -2.13. The van der Waals surface area contributed by atoms with Crippen LogP contribution in [-0.4, -0.2) is 18.3 Å². The molecule has 0 amide bonds. The molecule has 5 heteroatoms. The first-order valence-electron chi connectivity index (χ1n) is 7.01. The van der Waals surface area contributed by atoms with Crippen molar-refractivity contribution in [2.24, 2.45) is 0 Å².